The first-order chi connectivity index (χ1) is 12.6. The molecule has 1 heterocycles. The van der Waals surface area contributed by atoms with Crippen LogP contribution in [0.25, 0.3) is 0 Å². The number of hydrogen-bond donors (Lipinski definition) is 0. The Morgan fingerprint density at radius 1 is 1.00 bits per heavy atom. The Kier molecular flexibility index (Phi) is 5.78. The molecule has 5 heteroatoms. The number of piperazine rings is 1. The van der Waals surface area contributed by atoms with Crippen LogP contribution in [0, 0.1) is 0 Å². The molecule has 0 N–H and O–H groups in total. The van der Waals surface area contributed by atoms with Crippen LogP contribution in [0.1, 0.15) is 6.92 Å². The van der Waals surface area contributed by atoms with Gasteiger partial charge in [-0.2, -0.15) is 0 Å². The summed E-state index contributed by atoms with van der Waals surface area (Å²) in [4.78, 5) is 19.2. The fourth-order valence-electron chi connectivity index (χ4n) is 3.46. The van der Waals surface area contributed by atoms with Crippen LogP contribution in [-0.4, -0.2) is 57.2 Å². The number of hydrogen-bond acceptors (Lipinski definition) is 4. The second kappa shape index (κ2) is 8.23. The van der Waals surface area contributed by atoms with Gasteiger partial charge in [-0.05, 0) is 31.2 Å². The molecule has 0 saturated carbocycles. The predicted octanol–water partition coefficient (Wildman–Crippen LogP) is 2.87. The molecule has 1 fully saturated rings. The van der Waals surface area contributed by atoms with Crippen LogP contribution in [0.2, 0.25) is 0 Å². The van der Waals surface area contributed by atoms with E-state index in [-0.39, 0.29) is 11.9 Å². The van der Waals surface area contributed by atoms with Gasteiger partial charge in [0.2, 0.25) is 5.91 Å². The molecule has 3 rings (SSSR count). The number of carbonyl (C=O) groups excluding carboxylic acids is 1. The van der Waals surface area contributed by atoms with E-state index in [4.69, 9.17) is 4.74 Å². The molecule has 0 spiro atoms. The summed E-state index contributed by atoms with van der Waals surface area (Å²) in [5, 5.41) is 0. The van der Waals surface area contributed by atoms with Gasteiger partial charge in [0.1, 0.15) is 5.75 Å². The summed E-state index contributed by atoms with van der Waals surface area (Å²) in [6, 6.07) is 17.8. The van der Waals surface area contributed by atoms with Crippen molar-refractivity contribution >= 4 is 17.3 Å². The summed E-state index contributed by atoms with van der Waals surface area (Å²) < 4.78 is 5.48. The van der Waals surface area contributed by atoms with E-state index in [9.17, 15) is 4.79 Å². The Morgan fingerprint density at radius 2 is 1.62 bits per heavy atom. The number of methoxy groups -OCH3 is 1. The Bertz CT molecular complexity index is 727. The zero-order chi connectivity index (χ0) is 18.5. The molecule has 0 aromatic heterocycles. The third-order valence-corrected chi connectivity index (χ3v) is 5.12. The molecule has 1 amide bonds. The zero-order valence-corrected chi connectivity index (χ0v) is 15.8. The van der Waals surface area contributed by atoms with Gasteiger partial charge in [0.15, 0.2) is 0 Å². The van der Waals surface area contributed by atoms with Gasteiger partial charge in [0.05, 0.1) is 18.8 Å². The molecule has 26 heavy (non-hydrogen) atoms. The second-order valence-corrected chi connectivity index (χ2v) is 6.60. The zero-order valence-electron chi connectivity index (χ0n) is 15.8. The van der Waals surface area contributed by atoms with Gasteiger partial charge in [-0.1, -0.05) is 30.3 Å². The van der Waals surface area contributed by atoms with Crippen LogP contribution in [-0.2, 0) is 4.79 Å². The first-order valence-electron chi connectivity index (χ1n) is 9.06. The molecule has 1 aliphatic rings. The number of carbonyl (C=O) groups is 1. The van der Waals surface area contributed by atoms with Gasteiger partial charge < -0.3 is 14.5 Å². The Labute approximate surface area is 155 Å². The number of benzene rings is 2. The van der Waals surface area contributed by atoms with Crippen molar-refractivity contribution in [2.45, 2.75) is 13.0 Å². The van der Waals surface area contributed by atoms with Crippen molar-refractivity contribution < 1.29 is 9.53 Å². The highest BCUT2D eigenvalue weighted by atomic mass is 16.5. The Morgan fingerprint density at radius 3 is 2.27 bits per heavy atom. The number of nitrogens with zero attached hydrogens (tertiary/aromatic N) is 3. The molecule has 0 unspecified atom stereocenters. The maximum Gasteiger partial charge on any atom is 0.243 e. The van der Waals surface area contributed by atoms with Gasteiger partial charge in [-0.3, -0.25) is 9.69 Å². The highest BCUT2D eigenvalue weighted by Gasteiger charge is 2.28. The van der Waals surface area contributed by atoms with Gasteiger partial charge in [0, 0.05) is 38.9 Å². The third-order valence-electron chi connectivity index (χ3n) is 5.12. The topological polar surface area (TPSA) is 36.0 Å². The van der Waals surface area contributed by atoms with Gasteiger partial charge in [0.25, 0.3) is 0 Å². The average Bonchev–Trinajstić information content (AvgIpc) is 2.73. The number of amides is 1. The number of para-hydroxylation sites is 3. The average molecular weight is 353 g/mol. The van der Waals surface area contributed by atoms with Gasteiger partial charge in [-0.25, -0.2) is 0 Å². The normalized spacial score (nSPS) is 16.2. The van der Waals surface area contributed by atoms with Crippen LogP contribution >= 0.6 is 0 Å². The summed E-state index contributed by atoms with van der Waals surface area (Å²) >= 11 is 0. The summed E-state index contributed by atoms with van der Waals surface area (Å²) in [6.45, 7) is 5.47. The molecule has 1 saturated heterocycles. The molecule has 2 aromatic carbocycles. The van der Waals surface area contributed by atoms with Crippen molar-refractivity contribution in [3.8, 4) is 5.75 Å². The van der Waals surface area contributed by atoms with Crippen molar-refractivity contribution in [3.05, 3.63) is 54.6 Å². The second-order valence-electron chi connectivity index (χ2n) is 6.60. The molecule has 0 aliphatic carbocycles. The van der Waals surface area contributed by atoms with Crippen LogP contribution in [0.3, 0.4) is 0 Å². The SMILES string of the molecule is COc1ccccc1N1CCN([C@H](C)C(=O)N(C)c2ccccc2)CC1. The standard InChI is InChI=1S/C21H27N3O2/c1-17(21(25)22(2)18-9-5-4-6-10-18)23-13-15-24(16-14-23)19-11-7-8-12-20(19)26-3/h4-12,17H,13-16H2,1-3H3/t17-/m1/s1. The lowest BCUT2D eigenvalue weighted by molar-refractivity contribution is -0.123. The largest absolute Gasteiger partial charge is 0.495 e. The van der Waals surface area contributed by atoms with E-state index in [1.54, 1.807) is 12.0 Å². The third kappa shape index (κ3) is 3.83. The molecule has 2 aromatic rings. The molecule has 1 atom stereocenters. The molecule has 0 bridgehead atoms. The molecule has 5 nitrogen and oxygen atoms in total. The molecule has 0 radical (unpaired) electrons. The number of ether oxygens (including phenoxy) is 1. The van der Waals surface area contributed by atoms with Crippen LogP contribution in [0.5, 0.6) is 5.75 Å². The molecular formula is C21H27N3O2. The van der Waals surface area contributed by atoms with E-state index in [1.807, 2.05) is 62.5 Å². The van der Waals surface area contributed by atoms with E-state index in [0.29, 0.717) is 0 Å². The quantitative estimate of drug-likeness (QED) is 0.828. The summed E-state index contributed by atoms with van der Waals surface area (Å²) in [6.07, 6.45) is 0. The molecule has 1 aliphatic heterocycles. The highest BCUT2D eigenvalue weighted by molar-refractivity contribution is 5.96. The first-order valence-corrected chi connectivity index (χ1v) is 9.06. The number of likely N-dealkylation sites (N-methyl/N-ethyl adjacent to an activating group) is 1. The van der Waals surface area contributed by atoms with E-state index in [0.717, 1.165) is 43.3 Å². The van der Waals surface area contributed by atoms with Crippen molar-refractivity contribution in [3.63, 3.8) is 0 Å². The summed E-state index contributed by atoms with van der Waals surface area (Å²) in [5.41, 5.74) is 2.05. The first kappa shape index (κ1) is 18.3. The minimum Gasteiger partial charge on any atom is -0.495 e. The van der Waals surface area contributed by atoms with Crippen molar-refractivity contribution in [1.82, 2.24) is 4.90 Å². The Balaban J connectivity index is 1.61. The molecule has 138 valence electrons. The smallest absolute Gasteiger partial charge is 0.243 e. The van der Waals surface area contributed by atoms with E-state index in [2.05, 4.69) is 15.9 Å². The van der Waals surface area contributed by atoms with Gasteiger partial charge in [-0.15, -0.1) is 0 Å². The lowest BCUT2D eigenvalue weighted by Crippen LogP contribution is -2.54. The maximum atomic E-state index is 12.8. The Hall–Kier alpha value is -2.53. The van der Waals surface area contributed by atoms with Crippen molar-refractivity contribution in [2.75, 3.05) is 50.1 Å². The lowest BCUT2D eigenvalue weighted by atomic mass is 10.1. The highest BCUT2D eigenvalue weighted by Crippen LogP contribution is 2.28. The maximum absolute atomic E-state index is 12.8. The van der Waals surface area contributed by atoms with Crippen molar-refractivity contribution in [2.24, 2.45) is 0 Å². The number of anilines is 2. The fourth-order valence-corrected chi connectivity index (χ4v) is 3.46. The predicted molar refractivity (Wildman–Crippen MR) is 106 cm³/mol. The van der Waals surface area contributed by atoms with Crippen LogP contribution < -0.4 is 14.5 Å². The van der Waals surface area contributed by atoms with E-state index < -0.39 is 0 Å². The molecular weight excluding hydrogens is 326 g/mol. The lowest BCUT2D eigenvalue weighted by Gasteiger charge is -2.39. The van der Waals surface area contributed by atoms with E-state index >= 15 is 0 Å². The fraction of sp³-hybridized carbons (Fsp3) is 0.381. The van der Waals surface area contributed by atoms with Crippen LogP contribution in [0.4, 0.5) is 11.4 Å². The summed E-state index contributed by atoms with van der Waals surface area (Å²) in [5.74, 6) is 1.02. The summed E-state index contributed by atoms with van der Waals surface area (Å²) in [7, 11) is 3.55. The van der Waals surface area contributed by atoms with Crippen molar-refractivity contribution in [1.29, 1.82) is 0 Å². The minimum absolute atomic E-state index is 0.127. The minimum atomic E-state index is -0.139. The number of rotatable bonds is 5. The van der Waals surface area contributed by atoms with Crippen LogP contribution in [0.15, 0.2) is 54.6 Å². The van der Waals surface area contributed by atoms with Gasteiger partial charge >= 0.3 is 0 Å². The van der Waals surface area contributed by atoms with E-state index in [1.165, 1.54) is 0 Å². The monoisotopic (exact) mass is 353 g/mol.